The van der Waals surface area contributed by atoms with Gasteiger partial charge in [-0.15, -0.1) is 0 Å². The number of nitrogens with zero attached hydrogens (tertiary/aromatic N) is 3. The maximum absolute atomic E-state index is 13.6. The van der Waals surface area contributed by atoms with Crippen LogP contribution in [0.15, 0.2) is 52.9 Å². The lowest BCUT2D eigenvalue weighted by Crippen LogP contribution is -2.42. The molecule has 1 aromatic heterocycles. The molecule has 2 saturated carbocycles. The number of hydrogen-bond acceptors (Lipinski definition) is 7. The molecule has 2 aliphatic carbocycles. The van der Waals surface area contributed by atoms with Crippen LogP contribution in [0.3, 0.4) is 0 Å². The molecule has 0 bridgehead atoms. The molecule has 1 amide bonds. The molecule has 0 radical (unpaired) electrons. The van der Waals surface area contributed by atoms with E-state index >= 15 is 0 Å². The second-order valence-corrected chi connectivity index (χ2v) is 13.6. The van der Waals surface area contributed by atoms with Crippen LogP contribution in [0.25, 0.3) is 22.8 Å². The van der Waals surface area contributed by atoms with Crippen molar-refractivity contribution in [3.8, 4) is 28.8 Å². The third-order valence-corrected chi connectivity index (χ3v) is 10.1. The smallest absolute Gasteiger partial charge is 0.227 e. The summed E-state index contributed by atoms with van der Waals surface area (Å²) in [4.78, 5) is 20.5. The number of benzene rings is 2. The monoisotopic (exact) mass is 564 g/mol. The molecule has 3 aromatic rings. The molecule has 0 unspecified atom stereocenters. The van der Waals surface area contributed by atoms with E-state index in [-0.39, 0.29) is 23.6 Å². The molecule has 40 heavy (non-hydrogen) atoms. The predicted molar refractivity (Wildman–Crippen MR) is 153 cm³/mol. The lowest BCUT2D eigenvalue weighted by molar-refractivity contribution is -0.127. The van der Waals surface area contributed by atoms with Crippen molar-refractivity contribution in [1.82, 2.24) is 10.3 Å². The molecule has 6 rings (SSSR count). The van der Waals surface area contributed by atoms with E-state index in [2.05, 4.69) is 16.3 Å². The second-order valence-electron chi connectivity index (χ2n) is 11.2. The van der Waals surface area contributed by atoms with E-state index in [0.717, 1.165) is 30.5 Å². The number of hydrogen-bond donors (Lipinski definition) is 3. The van der Waals surface area contributed by atoms with Crippen molar-refractivity contribution in [2.75, 3.05) is 29.5 Å². The topological polar surface area (TPSA) is 123 Å². The summed E-state index contributed by atoms with van der Waals surface area (Å²) in [5, 5.41) is 12.5. The lowest BCUT2D eigenvalue weighted by atomic mass is 9.76. The van der Waals surface area contributed by atoms with Gasteiger partial charge in [-0.1, -0.05) is 12.8 Å². The van der Waals surface area contributed by atoms with Gasteiger partial charge in [0.05, 0.1) is 23.3 Å². The van der Waals surface area contributed by atoms with E-state index in [4.69, 9.17) is 9.40 Å². The molecule has 2 aromatic carbocycles. The number of oxazole rings is 1. The van der Waals surface area contributed by atoms with Crippen molar-refractivity contribution >= 4 is 22.2 Å². The minimum atomic E-state index is -2.48. The summed E-state index contributed by atoms with van der Waals surface area (Å²) in [6.45, 7) is 1.15. The zero-order valence-corrected chi connectivity index (χ0v) is 23.0. The fraction of sp³-hybridized carbons (Fsp3) is 0.433. The predicted octanol–water partition coefficient (Wildman–Crippen LogP) is 6.16. The van der Waals surface area contributed by atoms with Crippen LogP contribution < -0.4 is 10.2 Å². The Bertz CT molecular complexity index is 1420. The maximum atomic E-state index is 13.6. The largest absolute Gasteiger partial charge is 0.436 e. The van der Waals surface area contributed by atoms with Crippen LogP contribution in [0.2, 0.25) is 0 Å². The number of carbonyl (C=O) groups is 1. The molecule has 8 nitrogen and oxygen atoms in total. The summed E-state index contributed by atoms with van der Waals surface area (Å²) in [7, 11) is -2.48. The Morgan fingerprint density at radius 2 is 1.70 bits per heavy atom. The van der Waals surface area contributed by atoms with Crippen LogP contribution in [0.5, 0.6) is 0 Å². The molecule has 0 spiro atoms. The van der Waals surface area contributed by atoms with Gasteiger partial charge in [-0.3, -0.25) is 13.9 Å². The highest BCUT2D eigenvalue weighted by molar-refractivity contribution is 8.24. The lowest BCUT2D eigenvalue weighted by Gasteiger charge is -2.41. The van der Waals surface area contributed by atoms with Gasteiger partial charge in [0.2, 0.25) is 11.8 Å². The molecule has 3 aliphatic rings. The van der Waals surface area contributed by atoms with Crippen LogP contribution in [0.1, 0.15) is 50.1 Å². The van der Waals surface area contributed by atoms with E-state index in [9.17, 15) is 23.6 Å². The number of anilines is 1. The van der Waals surface area contributed by atoms with Gasteiger partial charge < -0.3 is 14.6 Å². The van der Waals surface area contributed by atoms with Gasteiger partial charge in [-0.25, -0.2) is 9.37 Å². The van der Waals surface area contributed by atoms with E-state index < -0.39 is 16.1 Å². The first kappa shape index (κ1) is 26.8. The van der Waals surface area contributed by atoms with Crippen LogP contribution in [-0.4, -0.2) is 50.1 Å². The quantitative estimate of drug-likeness (QED) is 0.327. The molecule has 3 fully saturated rings. The highest BCUT2D eigenvalue weighted by Crippen LogP contribution is 2.45. The first-order chi connectivity index (χ1) is 19.3. The third-order valence-electron chi connectivity index (χ3n) is 8.40. The van der Waals surface area contributed by atoms with E-state index in [0.29, 0.717) is 66.8 Å². The van der Waals surface area contributed by atoms with Crippen LogP contribution in [0, 0.1) is 23.1 Å². The fourth-order valence-electron chi connectivity index (χ4n) is 5.80. The second kappa shape index (κ2) is 10.5. The molecule has 3 N–H and O–H groups in total. The fourth-order valence-corrected chi connectivity index (χ4v) is 7.03. The SMILES string of the molecule is N#CC1(NC(=O)[C@@H]2CCCC[C@H]2c2nc(-c3ccc(F)cc3)oc2-c2ccc(N3CCS(O)(O)CC3)cc2)CC1. The van der Waals surface area contributed by atoms with Crippen molar-refractivity contribution in [3.63, 3.8) is 0 Å². The Labute approximate surface area is 234 Å². The molecule has 210 valence electrons. The Morgan fingerprint density at radius 3 is 2.35 bits per heavy atom. The molecular formula is C30H33FN4O4S. The standard InChI is InChI=1S/C30H33FN4O4S/c31-22-9-5-21(6-10-22)29-33-26(24-3-1-2-4-25(24)28(36)34-30(19-32)13-14-30)27(39-29)20-7-11-23(12-8-20)35-15-17-40(37,38)18-16-35/h5-12,24-25,37-38H,1-4,13-18H2,(H,34,36)/t24-,25-/m1/s1. The number of carbonyl (C=O) groups excluding carboxylic acids is 1. The van der Waals surface area contributed by atoms with Crippen molar-refractivity contribution < 1.29 is 22.7 Å². The van der Waals surface area contributed by atoms with E-state index in [1.54, 1.807) is 12.1 Å². The van der Waals surface area contributed by atoms with E-state index in [1.165, 1.54) is 12.1 Å². The van der Waals surface area contributed by atoms with Gasteiger partial charge in [0.15, 0.2) is 5.76 Å². The first-order valence-electron chi connectivity index (χ1n) is 13.8. The summed E-state index contributed by atoms with van der Waals surface area (Å²) < 4.78 is 39.9. The number of nitriles is 1. The van der Waals surface area contributed by atoms with Crippen molar-refractivity contribution in [3.05, 3.63) is 60.0 Å². The normalized spacial score (nSPS) is 24.1. The summed E-state index contributed by atoms with van der Waals surface area (Å²) >= 11 is 0. The average Bonchev–Trinajstić information content (AvgIpc) is 3.60. The molecule has 1 aliphatic heterocycles. The maximum Gasteiger partial charge on any atom is 0.227 e. The highest BCUT2D eigenvalue weighted by atomic mass is 32.3. The van der Waals surface area contributed by atoms with Gasteiger partial charge >= 0.3 is 0 Å². The van der Waals surface area contributed by atoms with Gasteiger partial charge in [0.25, 0.3) is 0 Å². The Hall–Kier alpha value is -3.39. The minimum Gasteiger partial charge on any atom is -0.436 e. The summed E-state index contributed by atoms with van der Waals surface area (Å²) in [6.07, 6.45) is 4.74. The summed E-state index contributed by atoms with van der Waals surface area (Å²) in [6, 6.07) is 16.2. The molecular weight excluding hydrogens is 531 g/mol. The minimum absolute atomic E-state index is 0.104. The average molecular weight is 565 g/mol. The molecule has 2 heterocycles. The number of rotatable bonds is 6. The summed E-state index contributed by atoms with van der Waals surface area (Å²) in [5.74, 6) is 0.731. The zero-order valence-electron chi connectivity index (χ0n) is 22.2. The Balaban J connectivity index is 1.34. The number of halogens is 1. The first-order valence-corrected chi connectivity index (χ1v) is 15.7. The van der Waals surface area contributed by atoms with Crippen LogP contribution in [0.4, 0.5) is 10.1 Å². The van der Waals surface area contributed by atoms with E-state index in [1.807, 2.05) is 24.3 Å². The van der Waals surface area contributed by atoms with Gasteiger partial charge in [-0.2, -0.15) is 15.9 Å². The van der Waals surface area contributed by atoms with Crippen molar-refractivity contribution in [2.45, 2.75) is 50.0 Å². The Kier molecular flexibility index (Phi) is 7.07. The third kappa shape index (κ3) is 5.46. The van der Waals surface area contributed by atoms with Crippen molar-refractivity contribution in [2.24, 2.45) is 5.92 Å². The van der Waals surface area contributed by atoms with Crippen LogP contribution in [-0.2, 0) is 4.79 Å². The van der Waals surface area contributed by atoms with Gasteiger partial charge in [0, 0.05) is 41.7 Å². The number of amides is 1. The number of aromatic nitrogens is 1. The molecule has 1 saturated heterocycles. The Morgan fingerprint density at radius 1 is 1.05 bits per heavy atom. The zero-order chi connectivity index (χ0) is 27.9. The van der Waals surface area contributed by atoms with Crippen molar-refractivity contribution in [1.29, 1.82) is 5.26 Å². The highest BCUT2D eigenvalue weighted by Gasteiger charge is 2.47. The summed E-state index contributed by atoms with van der Waals surface area (Å²) in [5.41, 5.74) is 2.43. The van der Waals surface area contributed by atoms with Gasteiger partial charge in [0.1, 0.15) is 11.4 Å². The van der Waals surface area contributed by atoms with Crippen LogP contribution >= 0.6 is 10.6 Å². The number of nitrogens with one attached hydrogen (secondary N) is 1. The van der Waals surface area contributed by atoms with Gasteiger partial charge in [-0.05, 0) is 74.2 Å². The molecule has 10 heteroatoms. The molecule has 2 atom stereocenters.